The molecule has 0 aliphatic carbocycles. The molecular weight excluding hydrogens is 284 g/mol. The summed E-state index contributed by atoms with van der Waals surface area (Å²) in [6, 6.07) is 8.24. The van der Waals surface area contributed by atoms with Crippen LogP contribution in [0.4, 0.5) is 0 Å². The van der Waals surface area contributed by atoms with Crippen molar-refractivity contribution >= 4 is 11.8 Å². The molecular formula is C15H22N4OS. The third kappa shape index (κ3) is 4.22. The lowest BCUT2D eigenvalue weighted by Crippen LogP contribution is -2.17. The lowest BCUT2D eigenvalue weighted by molar-refractivity contribution is 0.603. The van der Waals surface area contributed by atoms with E-state index in [9.17, 15) is 4.79 Å². The number of nitrogens with one attached hydrogen (secondary N) is 2. The second-order valence-corrected chi connectivity index (χ2v) is 5.86. The van der Waals surface area contributed by atoms with Crippen LogP contribution in [0.15, 0.2) is 39.1 Å². The maximum atomic E-state index is 11.7. The molecule has 2 aromatic rings. The smallest absolute Gasteiger partial charge is 0.313 e. The molecule has 0 atom stereocenters. The molecule has 114 valence electrons. The van der Waals surface area contributed by atoms with Crippen LogP contribution in [0.1, 0.15) is 32.3 Å². The number of rotatable bonds is 8. The molecule has 5 nitrogen and oxygen atoms in total. The van der Waals surface area contributed by atoms with Crippen LogP contribution in [0.25, 0.3) is 0 Å². The minimum atomic E-state index is -0.138. The van der Waals surface area contributed by atoms with Gasteiger partial charge in [-0.15, -0.1) is 5.10 Å². The van der Waals surface area contributed by atoms with Gasteiger partial charge in [-0.05, 0) is 42.8 Å². The molecule has 1 heterocycles. The van der Waals surface area contributed by atoms with E-state index in [2.05, 4.69) is 41.5 Å². The second kappa shape index (κ2) is 8.05. The molecule has 0 saturated carbocycles. The van der Waals surface area contributed by atoms with Crippen LogP contribution in [0.3, 0.4) is 0 Å². The first-order valence-corrected chi connectivity index (χ1v) is 8.19. The number of hydrogen-bond acceptors (Lipinski definition) is 4. The van der Waals surface area contributed by atoms with Gasteiger partial charge in [-0.3, -0.25) is 4.57 Å². The first-order valence-electron chi connectivity index (χ1n) is 7.38. The summed E-state index contributed by atoms with van der Waals surface area (Å²) < 4.78 is 1.70. The number of aromatic amines is 1. The minimum absolute atomic E-state index is 0.138. The molecule has 2 rings (SSSR count). The summed E-state index contributed by atoms with van der Waals surface area (Å²) in [6.07, 6.45) is 2.03. The zero-order chi connectivity index (χ0) is 15.1. The van der Waals surface area contributed by atoms with Gasteiger partial charge in [0.1, 0.15) is 0 Å². The maximum Gasteiger partial charge on any atom is 0.343 e. The average molecular weight is 306 g/mol. The highest BCUT2D eigenvalue weighted by atomic mass is 32.2. The van der Waals surface area contributed by atoms with E-state index in [1.807, 2.05) is 12.1 Å². The first-order chi connectivity index (χ1) is 10.3. The summed E-state index contributed by atoms with van der Waals surface area (Å²) in [4.78, 5) is 12.9. The van der Waals surface area contributed by atoms with Crippen LogP contribution < -0.4 is 11.0 Å². The summed E-state index contributed by atoms with van der Waals surface area (Å²) in [7, 11) is 0. The fourth-order valence-electron chi connectivity index (χ4n) is 2.05. The normalized spacial score (nSPS) is 11.0. The van der Waals surface area contributed by atoms with Gasteiger partial charge in [0.15, 0.2) is 5.16 Å². The van der Waals surface area contributed by atoms with Crippen molar-refractivity contribution in [3.05, 3.63) is 40.3 Å². The van der Waals surface area contributed by atoms with Crippen molar-refractivity contribution in [2.75, 3.05) is 6.54 Å². The van der Waals surface area contributed by atoms with Crippen LogP contribution in [-0.4, -0.2) is 21.3 Å². The summed E-state index contributed by atoms with van der Waals surface area (Å²) in [6.45, 7) is 6.73. The largest absolute Gasteiger partial charge is 0.343 e. The Labute approximate surface area is 129 Å². The number of H-pyrrole nitrogens is 1. The minimum Gasteiger partial charge on any atom is -0.313 e. The summed E-state index contributed by atoms with van der Waals surface area (Å²) in [5.41, 5.74) is 1.09. The Kier molecular flexibility index (Phi) is 6.07. The third-order valence-electron chi connectivity index (χ3n) is 3.09. The Balaban J connectivity index is 2.17. The van der Waals surface area contributed by atoms with Crippen LogP contribution in [-0.2, 0) is 13.1 Å². The molecule has 0 amide bonds. The molecule has 21 heavy (non-hydrogen) atoms. The lowest BCUT2D eigenvalue weighted by Gasteiger charge is -2.10. The molecule has 1 aromatic heterocycles. The second-order valence-electron chi connectivity index (χ2n) is 4.85. The van der Waals surface area contributed by atoms with Crippen LogP contribution in [0, 0.1) is 0 Å². The van der Waals surface area contributed by atoms with Crippen molar-refractivity contribution in [3.63, 3.8) is 0 Å². The van der Waals surface area contributed by atoms with Crippen molar-refractivity contribution in [1.82, 2.24) is 20.1 Å². The van der Waals surface area contributed by atoms with E-state index in [1.165, 1.54) is 5.56 Å². The predicted octanol–water partition coefficient (Wildman–Crippen LogP) is 2.63. The van der Waals surface area contributed by atoms with E-state index < -0.39 is 0 Å². The molecule has 2 N–H and O–H groups in total. The van der Waals surface area contributed by atoms with Gasteiger partial charge in [-0.25, -0.2) is 9.89 Å². The Morgan fingerprint density at radius 2 is 2.10 bits per heavy atom. The predicted molar refractivity (Wildman–Crippen MR) is 85.7 cm³/mol. The van der Waals surface area contributed by atoms with E-state index in [0.29, 0.717) is 6.54 Å². The molecule has 0 radical (unpaired) electrons. The van der Waals surface area contributed by atoms with Crippen LogP contribution in [0.5, 0.6) is 0 Å². The highest BCUT2D eigenvalue weighted by Gasteiger charge is 2.11. The van der Waals surface area contributed by atoms with Crippen molar-refractivity contribution in [2.24, 2.45) is 0 Å². The van der Waals surface area contributed by atoms with Crippen molar-refractivity contribution < 1.29 is 0 Å². The van der Waals surface area contributed by atoms with Crippen molar-refractivity contribution in [3.8, 4) is 0 Å². The summed E-state index contributed by atoms with van der Waals surface area (Å²) >= 11 is 1.54. The van der Waals surface area contributed by atoms with Gasteiger partial charge in [0.25, 0.3) is 0 Å². The Bertz CT molecular complexity index is 620. The molecule has 0 spiro atoms. The van der Waals surface area contributed by atoms with Gasteiger partial charge < -0.3 is 5.32 Å². The van der Waals surface area contributed by atoms with E-state index in [1.54, 1.807) is 16.3 Å². The van der Waals surface area contributed by atoms with Gasteiger partial charge in [0, 0.05) is 18.0 Å². The number of aromatic nitrogens is 3. The SMILES string of the molecule is CCCNCc1ccccc1Sc1n[nH]c(=O)n1CCC. The molecule has 0 bridgehead atoms. The summed E-state index contributed by atoms with van der Waals surface area (Å²) in [5.74, 6) is 0. The van der Waals surface area contributed by atoms with Gasteiger partial charge >= 0.3 is 5.69 Å². The molecule has 0 aliphatic heterocycles. The Morgan fingerprint density at radius 3 is 2.86 bits per heavy atom. The zero-order valence-corrected chi connectivity index (χ0v) is 13.4. The number of benzene rings is 1. The number of nitrogens with zero attached hydrogens (tertiary/aromatic N) is 2. The molecule has 1 aromatic carbocycles. The average Bonchev–Trinajstić information content (AvgIpc) is 2.83. The molecule has 0 aliphatic rings. The standard InChI is InChI=1S/C15H22N4OS/c1-3-9-16-11-12-7-5-6-8-13(12)21-15-18-17-14(20)19(15)10-4-2/h5-8,16H,3-4,9-11H2,1-2H3,(H,17,20). The highest BCUT2D eigenvalue weighted by molar-refractivity contribution is 7.99. The van der Waals surface area contributed by atoms with E-state index in [0.717, 1.165) is 36.0 Å². The zero-order valence-electron chi connectivity index (χ0n) is 12.6. The van der Waals surface area contributed by atoms with Crippen LogP contribution in [0.2, 0.25) is 0 Å². The fraction of sp³-hybridized carbons (Fsp3) is 0.467. The van der Waals surface area contributed by atoms with Crippen molar-refractivity contribution in [1.29, 1.82) is 0 Å². The monoisotopic (exact) mass is 306 g/mol. The van der Waals surface area contributed by atoms with Gasteiger partial charge in [-0.2, -0.15) is 0 Å². The molecule has 6 heteroatoms. The van der Waals surface area contributed by atoms with Crippen molar-refractivity contribution in [2.45, 2.75) is 49.8 Å². The molecule has 0 saturated heterocycles. The summed E-state index contributed by atoms with van der Waals surface area (Å²) in [5, 5.41) is 10.8. The lowest BCUT2D eigenvalue weighted by atomic mass is 10.2. The topological polar surface area (TPSA) is 62.7 Å². The van der Waals surface area contributed by atoms with E-state index in [-0.39, 0.29) is 5.69 Å². The molecule has 0 fully saturated rings. The van der Waals surface area contributed by atoms with Gasteiger partial charge in [0.05, 0.1) is 0 Å². The third-order valence-corrected chi connectivity index (χ3v) is 4.20. The van der Waals surface area contributed by atoms with E-state index >= 15 is 0 Å². The van der Waals surface area contributed by atoms with Crippen LogP contribution >= 0.6 is 11.8 Å². The Hall–Kier alpha value is -1.53. The van der Waals surface area contributed by atoms with Gasteiger partial charge in [-0.1, -0.05) is 32.0 Å². The quantitative estimate of drug-likeness (QED) is 0.736. The fourth-order valence-corrected chi connectivity index (χ4v) is 3.04. The van der Waals surface area contributed by atoms with Gasteiger partial charge in [0.2, 0.25) is 0 Å². The maximum absolute atomic E-state index is 11.7. The molecule has 0 unspecified atom stereocenters. The first kappa shape index (κ1) is 15.9. The highest BCUT2D eigenvalue weighted by Crippen LogP contribution is 2.28. The number of hydrogen-bond donors (Lipinski definition) is 2. The Morgan fingerprint density at radius 1 is 1.29 bits per heavy atom. The van der Waals surface area contributed by atoms with E-state index in [4.69, 9.17) is 0 Å².